The first kappa shape index (κ1) is 33.9. The average Bonchev–Trinajstić information content (AvgIpc) is 3.01. The Morgan fingerprint density at radius 1 is 0.348 bits per heavy atom. The van der Waals surface area contributed by atoms with E-state index >= 15 is 0 Å². The summed E-state index contributed by atoms with van der Waals surface area (Å²) in [5, 5.41) is 11.8. The van der Waals surface area contributed by atoms with E-state index in [1.165, 1.54) is 0 Å². The van der Waals surface area contributed by atoms with E-state index in [4.69, 9.17) is 0 Å². The summed E-state index contributed by atoms with van der Waals surface area (Å²) in [5.74, 6) is 0.542. The summed E-state index contributed by atoms with van der Waals surface area (Å²) in [5.41, 5.74) is 44.8. The number of hydrogen-bond donors (Lipinski definition) is 20. The molecule has 8 aliphatic rings. The number of nitrogens with one attached hydrogen (secondary N) is 20. The molecule has 6 heterocycles. The maximum Gasteiger partial charge on any atom is 0.329 e. The molecular weight excluding hydrogens is 608 g/mol. The van der Waals surface area contributed by atoms with Crippen LogP contribution in [0.4, 0.5) is 19.2 Å². The lowest BCUT2D eigenvalue weighted by Crippen LogP contribution is -2.78. The van der Waals surface area contributed by atoms with Crippen LogP contribution in [0.1, 0.15) is 52.4 Å². The standard InChI is InChI=1S/C22H48N20O4/c1-9-3-11-7-12(4-9)24-20(44)40-36-16-29-33-18(34-30-16)38-42-22(46)26-14-6-10(2)5-13(8-14)25-21(45)41-37-17-31-27-15(28-32-17)35-39-19(43)23-11/h9-18,27-38H,3-8H2,1-2H3,(H2,23,39,43)(H2,24,40,44)(H2,25,41,45)(H2,26,42,46). The molecule has 260 valence electrons. The molecule has 0 aromatic heterocycles. The van der Waals surface area contributed by atoms with Crippen molar-refractivity contribution in [2.75, 3.05) is 0 Å². The van der Waals surface area contributed by atoms with Gasteiger partial charge in [0.2, 0.25) is 0 Å². The predicted octanol–water partition coefficient (Wildman–Crippen LogP) is -6.13. The minimum Gasteiger partial charge on any atom is -0.334 e. The Morgan fingerprint density at radius 3 is 0.783 bits per heavy atom. The van der Waals surface area contributed by atoms with Crippen molar-refractivity contribution >= 4 is 24.1 Å². The van der Waals surface area contributed by atoms with Crippen LogP contribution in [0, 0.1) is 11.8 Å². The molecule has 20 N–H and O–H groups in total. The minimum atomic E-state index is -0.598. The molecule has 4 unspecified atom stereocenters. The molecule has 24 nitrogen and oxygen atoms in total. The second-order valence-corrected chi connectivity index (χ2v) is 12.3. The Labute approximate surface area is 265 Å². The molecule has 0 aromatic carbocycles. The molecule has 2 aliphatic carbocycles. The fraction of sp³-hybridized carbons (Fsp3) is 0.818. The van der Waals surface area contributed by atoms with Crippen LogP contribution in [-0.2, 0) is 0 Å². The SMILES string of the molecule is CC1CC2CC(C1)NC(=O)NNC1NNC(NNC(=O)NC3CC(C)CC(C3)NC(=O)NNC3NNC(NNC(=O)N2)NN3)NN1. The molecule has 0 aromatic rings. The summed E-state index contributed by atoms with van der Waals surface area (Å²) in [6, 6.07) is -2.34. The first-order chi connectivity index (χ1) is 22.2. The fourth-order valence-electron chi connectivity index (χ4n) is 6.21. The van der Waals surface area contributed by atoms with Crippen molar-refractivity contribution in [3.05, 3.63) is 0 Å². The molecular formula is C22H48N20O4. The van der Waals surface area contributed by atoms with Gasteiger partial charge in [0, 0.05) is 24.2 Å². The van der Waals surface area contributed by atoms with Crippen molar-refractivity contribution in [2.24, 2.45) is 11.8 Å². The molecule has 8 bridgehead atoms. The van der Waals surface area contributed by atoms with Crippen LogP contribution >= 0.6 is 0 Å². The zero-order chi connectivity index (χ0) is 32.5. The van der Waals surface area contributed by atoms with Gasteiger partial charge in [0.25, 0.3) is 0 Å². The van der Waals surface area contributed by atoms with Crippen LogP contribution in [0.3, 0.4) is 0 Å². The molecule has 0 spiro atoms. The summed E-state index contributed by atoms with van der Waals surface area (Å²) >= 11 is 0. The monoisotopic (exact) mass is 656 g/mol. The highest BCUT2D eigenvalue weighted by molar-refractivity contribution is 5.75. The normalized spacial score (nSPS) is 39.1. The molecule has 8 rings (SSSR count). The number of hydrazine groups is 8. The lowest BCUT2D eigenvalue weighted by Gasteiger charge is -2.36. The van der Waals surface area contributed by atoms with Crippen molar-refractivity contribution in [2.45, 2.75) is 102 Å². The van der Waals surface area contributed by atoms with E-state index in [2.05, 4.69) is 122 Å². The van der Waals surface area contributed by atoms with Gasteiger partial charge in [-0.3, -0.25) is 21.7 Å². The van der Waals surface area contributed by atoms with Gasteiger partial charge in [-0.25, -0.2) is 84.3 Å². The van der Waals surface area contributed by atoms with Crippen molar-refractivity contribution in [3.8, 4) is 0 Å². The van der Waals surface area contributed by atoms with Gasteiger partial charge in [0.1, 0.15) is 0 Å². The van der Waals surface area contributed by atoms with Crippen molar-refractivity contribution < 1.29 is 19.2 Å². The molecule has 0 radical (unpaired) electrons. The third-order valence-corrected chi connectivity index (χ3v) is 8.03. The molecule has 46 heavy (non-hydrogen) atoms. The summed E-state index contributed by atoms with van der Waals surface area (Å²) < 4.78 is 0. The van der Waals surface area contributed by atoms with Gasteiger partial charge in [-0.05, 0) is 50.4 Å². The third-order valence-electron chi connectivity index (χ3n) is 8.03. The van der Waals surface area contributed by atoms with E-state index in [1.54, 1.807) is 0 Å². The molecule has 4 atom stereocenters. The van der Waals surface area contributed by atoms with E-state index in [9.17, 15) is 19.2 Å². The zero-order valence-electron chi connectivity index (χ0n) is 25.6. The Hall–Kier alpha value is -3.40. The number of rotatable bonds is 0. The van der Waals surface area contributed by atoms with E-state index < -0.39 is 49.3 Å². The minimum absolute atomic E-state index is 0.156. The number of carbonyl (C=O) groups is 4. The molecule has 8 amide bonds. The van der Waals surface area contributed by atoms with E-state index in [0.717, 1.165) is 25.7 Å². The van der Waals surface area contributed by atoms with E-state index in [0.29, 0.717) is 12.8 Å². The lowest BCUT2D eigenvalue weighted by atomic mass is 9.83. The second kappa shape index (κ2) is 16.4. The smallest absolute Gasteiger partial charge is 0.329 e. The van der Waals surface area contributed by atoms with Crippen LogP contribution in [-0.4, -0.2) is 73.5 Å². The predicted molar refractivity (Wildman–Crippen MR) is 161 cm³/mol. The van der Waals surface area contributed by atoms with Crippen molar-refractivity contribution in [1.29, 1.82) is 0 Å². The van der Waals surface area contributed by atoms with Gasteiger partial charge in [0.15, 0.2) is 25.2 Å². The third kappa shape index (κ3) is 10.9. The fourth-order valence-corrected chi connectivity index (χ4v) is 6.21. The van der Waals surface area contributed by atoms with Crippen LogP contribution in [0.15, 0.2) is 0 Å². The quantitative estimate of drug-likeness (QED) is 0.115. The molecule has 8 fully saturated rings. The Balaban J connectivity index is 1.14. The number of carbonyl (C=O) groups excluding carboxylic acids is 4. The summed E-state index contributed by atoms with van der Waals surface area (Å²) in [6.45, 7) is 4.14. The van der Waals surface area contributed by atoms with E-state index in [-0.39, 0.29) is 36.0 Å². The first-order valence-corrected chi connectivity index (χ1v) is 15.5. The van der Waals surface area contributed by atoms with Crippen molar-refractivity contribution in [3.63, 3.8) is 0 Å². The number of hydrogen-bond acceptors (Lipinski definition) is 16. The number of amides is 8. The number of urea groups is 4. The van der Waals surface area contributed by atoms with Crippen LogP contribution in [0.2, 0.25) is 0 Å². The Bertz CT molecular complexity index is 885. The van der Waals surface area contributed by atoms with E-state index in [1.807, 2.05) is 0 Å². The highest BCUT2D eigenvalue weighted by atomic mass is 16.2. The first-order valence-electron chi connectivity index (χ1n) is 15.5. The zero-order valence-corrected chi connectivity index (χ0v) is 25.6. The summed E-state index contributed by atoms with van der Waals surface area (Å²) in [7, 11) is 0. The highest BCUT2D eigenvalue weighted by Crippen LogP contribution is 2.25. The molecule has 2 saturated carbocycles. The lowest BCUT2D eigenvalue weighted by molar-refractivity contribution is 0.123. The molecule has 6 saturated heterocycles. The summed E-state index contributed by atoms with van der Waals surface area (Å²) in [4.78, 5) is 50.3. The summed E-state index contributed by atoms with van der Waals surface area (Å²) in [6.07, 6.45) is 1.78. The largest absolute Gasteiger partial charge is 0.334 e. The van der Waals surface area contributed by atoms with Crippen LogP contribution < -0.4 is 108 Å². The Morgan fingerprint density at radius 2 is 0.565 bits per heavy atom. The van der Waals surface area contributed by atoms with Crippen LogP contribution in [0.25, 0.3) is 0 Å². The van der Waals surface area contributed by atoms with Crippen LogP contribution in [0.5, 0.6) is 0 Å². The van der Waals surface area contributed by atoms with Gasteiger partial charge in [-0.2, -0.15) is 0 Å². The molecule has 6 aliphatic heterocycles. The van der Waals surface area contributed by atoms with Gasteiger partial charge in [-0.15, -0.1) is 0 Å². The van der Waals surface area contributed by atoms with Gasteiger partial charge >= 0.3 is 24.1 Å². The van der Waals surface area contributed by atoms with Gasteiger partial charge in [-0.1, -0.05) is 13.8 Å². The highest BCUT2D eigenvalue weighted by Gasteiger charge is 2.31. The van der Waals surface area contributed by atoms with Gasteiger partial charge < -0.3 is 21.3 Å². The maximum atomic E-state index is 12.6. The Kier molecular flexibility index (Phi) is 12.1. The maximum absolute atomic E-state index is 12.6. The topological polar surface area (TPSA) is 309 Å². The second-order valence-electron chi connectivity index (χ2n) is 12.3. The van der Waals surface area contributed by atoms with Crippen molar-refractivity contribution in [1.82, 2.24) is 108 Å². The molecule has 24 heteroatoms. The average molecular weight is 657 g/mol. The van der Waals surface area contributed by atoms with Gasteiger partial charge in [0.05, 0.1) is 0 Å².